The first-order valence-electron chi connectivity index (χ1n) is 4.86. The molecule has 0 aliphatic rings. The van der Waals surface area contributed by atoms with Crippen LogP contribution in [0.3, 0.4) is 0 Å². The summed E-state index contributed by atoms with van der Waals surface area (Å²) in [6.07, 6.45) is 0. The number of carbonyl (C=O) groups is 1. The average molecular weight is 245 g/mol. The molecule has 4 nitrogen and oxygen atoms in total. The molecule has 2 atom stereocenters. The first-order chi connectivity index (χ1) is 7.00. The highest BCUT2D eigenvalue weighted by Gasteiger charge is 2.16. The maximum absolute atomic E-state index is 11.6. The van der Waals surface area contributed by atoms with Crippen LogP contribution in [-0.4, -0.2) is 17.1 Å². The van der Waals surface area contributed by atoms with Gasteiger partial charge in [-0.05, 0) is 31.2 Å². The number of hydrogen-bond acceptors (Lipinski definition) is 3. The molecule has 4 N–H and O–H groups in total. The van der Waals surface area contributed by atoms with Crippen LogP contribution in [0.5, 0.6) is 5.75 Å². The second kappa shape index (κ2) is 6.35. The summed E-state index contributed by atoms with van der Waals surface area (Å²) in [5.74, 6) is -0.178. The quantitative estimate of drug-likeness (QED) is 0.709. The van der Waals surface area contributed by atoms with Crippen molar-refractivity contribution in [3.05, 3.63) is 24.3 Å². The van der Waals surface area contributed by atoms with Gasteiger partial charge in [0.05, 0.1) is 5.92 Å². The Balaban J connectivity index is 0.00000225. The summed E-state index contributed by atoms with van der Waals surface area (Å²) in [7, 11) is 0. The van der Waals surface area contributed by atoms with Crippen LogP contribution in [0.2, 0.25) is 0 Å². The van der Waals surface area contributed by atoms with Gasteiger partial charge in [-0.25, -0.2) is 0 Å². The van der Waals surface area contributed by atoms with E-state index in [-0.39, 0.29) is 36.0 Å². The number of carbonyl (C=O) groups excluding carboxylic acids is 1. The number of phenols is 1. The molecule has 2 unspecified atom stereocenters. The van der Waals surface area contributed by atoms with Crippen molar-refractivity contribution in [1.29, 1.82) is 0 Å². The fourth-order valence-electron chi connectivity index (χ4n) is 1.04. The monoisotopic (exact) mass is 244 g/mol. The molecule has 5 heteroatoms. The molecule has 0 radical (unpaired) electrons. The zero-order chi connectivity index (χ0) is 11.4. The molecule has 1 rings (SSSR count). The third kappa shape index (κ3) is 4.08. The Morgan fingerprint density at radius 2 is 1.81 bits per heavy atom. The normalized spacial score (nSPS) is 13.4. The van der Waals surface area contributed by atoms with E-state index in [0.717, 1.165) is 0 Å². The Bertz CT molecular complexity index is 338. The van der Waals surface area contributed by atoms with E-state index in [4.69, 9.17) is 10.8 Å². The highest BCUT2D eigenvalue weighted by Crippen LogP contribution is 2.14. The fraction of sp³-hybridized carbons (Fsp3) is 0.364. The Hall–Kier alpha value is -1.26. The molecule has 1 amide bonds. The van der Waals surface area contributed by atoms with E-state index in [1.807, 2.05) is 0 Å². The Labute approximate surface area is 101 Å². The van der Waals surface area contributed by atoms with Crippen molar-refractivity contribution in [3.63, 3.8) is 0 Å². The molecule has 0 aliphatic carbocycles. The molecule has 0 fully saturated rings. The Kier molecular flexibility index (Phi) is 5.85. The second-order valence-corrected chi connectivity index (χ2v) is 3.68. The minimum atomic E-state index is -0.237. The number of aromatic hydroxyl groups is 1. The van der Waals surface area contributed by atoms with Gasteiger partial charge in [0, 0.05) is 11.7 Å². The lowest BCUT2D eigenvalue weighted by Crippen LogP contribution is -2.34. The molecule has 0 aromatic heterocycles. The van der Waals surface area contributed by atoms with Crippen LogP contribution in [-0.2, 0) is 4.79 Å². The van der Waals surface area contributed by atoms with E-state index < -0.39 is 0 Å². The minimum absolute atomic E-state index is 0. The predicted molar refractivity (Wildman–Crippen MR) is 66.8 cm³/mol. The van der Waals surface area contributed by atoms with Crippen molar-refractivity contribution in [2.45, 2.75) is 19.9 Å². The topological polar surface area (TPSA) is 75.4 Å². The number of nitrogens with one attached hydrogen (secondary N) is 1. The lowest BCUT2D eigenvalue weighted by molar-refractivity contribution is -0.119. The summed E-state index contributed by atoms with van der Waals surface area (Å²) in [6, 6.07) is 6.14. The molecule has 0 aliphatic heterocycles. The summed E-state index contributed by atoms with van der Waals surface area (Å²) < 4.78 is 0. The van der Waals surface area contributed by atoms with Gasteiger partial charge in [-0.15, -0.1) is 12.4 Å². The van der Waals surface area contributed by atoms with Gasteiger partial charge in [-0.3, -0.25) is 4.79 Å². The number of amides is 1. The zero-order valence-electron chi connectivity index (χ0n) is 9.31. The van der Waals surface area contributed by atoms with Crippen molar-refractivity contribution in [1.82, 2.24) is 0 Å². The Morgan fingerprint density at radius 3 is 2.25 bits per heavy atom. The average Bonchev–Trinajstić information content (AvgIpc) is 2.20. The third-order valence-electron chi connectivity index (χ3n) is 2.34. The lowest BCUT2D eigenvalue weighted by Gasteiger charge is -2.15. The first kappa shape index (κ1) is 14.7. The van der Waals surface area contributed by atoms with E-state index in [0.29, 0.717) is 5.69 Å². The molecule has 0 bridgehead atoms. The first-order valence-corrected chi connectivity index (χ1v) is 4.86. The fourth-order valence-corrected chi connectivity index (χ4v) is 1.04. The van der Waals surface area contributed by atoms with Crippen molar-refractivity contribution in [3.8, 4) is 5.75 Å². The van der Waals surface area contributed by atoms with E-state index in [2.05, 4.69) is 5.32 Å². The second-order valence-electron chi connectivity index (χ2n) is 3.68. The number of hydrogen-bond donors (Lipinski definition) is 3. The number of nitrogens with two attached hydrogens (primary N) is 1. The van der Waals surface area contributed by atoms with E-state index in [1.54, 1.807) is 26.0 Å². The van der Waals surface area contributed by atoms with Crippen LogP contribution in [0.25, 0.3) is 0 Å². The Morgan fingerprint density at radius 1 is 1.31 bits per heavy atom. The van der Waals surface area contributed by atoms with Crippen LogP contribution >= 0.6 is 12.4 Å². The van der Waals surface area contributed by atoms with Gasteiger partial charge < -0.3 is 16.2 Å². The van der Waals surface area contributed by atoms with Crippen molar-refractivity contribution >= 4 is 24.0 Å². The molecule has 0 saturated carbocycles. The van der Waals surface area contributed by atoms with E-state index in [9.17, 15) is 4.79 Å². The number of rotatable bonds is 3. The summed E-state index contributed by atoms with van der Waals surface area (Å²) in [4.78, 5) is 11.6. The number of halogens is 1. The van der Waals surface area contributed by atoms with E-state index >= 15 is 0 Å². The third-order valence-corrected chi connectivity index (χ3v) is 2.34. The highest BCUT2D eigenvalue weighted by atomic mass is 35.5. The van der Waals surface area contributed by atoms with Gasteiger partial charge in [-0.1, -0.05) is 6.92 Å². The predicted octanol–water partition coefficient (Wildman–Crippen LogP) is 1.74. The van der Waals surface area contributed by atoms with Crippen LogP contribution in [0.4, 0.5) is 5.69 Å². The van der Waals surface area contributed by atoms with Gasteiger partial charge in [0.1, 0.15) is 5.75 Å². The van der Waals surface area contributed by atoms with E-state index in [1.165, 1.54) is 12.1 Å². The SMILES string of the molecule is CC(N)C(C)C(=O)Nc1ccc(O)cc1.Cl. The summed E-state index contributed by atoms with van der Waals surface area (Å²) in [5, 5.41) is 11.8. The smallest absolute Gasteiger partial charge is 0.228 e. The van der Waals surface area contributed by atoms with Crippen molar-refractivity contribution in [2.24, 2.45) is 11.7 Å². The standard InChI is InChI=1S/C11H16N2O2.ClH/c1-7(8(2)12)11(15)13-9-3-5-10(14)6-4-9;/h3-8,14H,12H2,1-2H3,(H,13,15);1H. The maximum Gasteiger partial charge on any atom is 0.228 e. The number of anilines is 1. The molecule has 90 valence electrons. The van der Waals surface area contributed by atoms with Crippen LogP contribution in [0.15, 0.2) is 24.3 Å². The van der Waals surface area contributed by atoms with Crippen LogP contribution in [0.1, 0.15) is 13.8 Å². The van der Waals surface area contributed by atoms with Crippen molar-refractivity contribution < 1.29 is 9.90 Å². The summed E-state index contributed by atoms with van der Waals surface area (Å²) in [5.41, 5.74) is 6.27. The summed E-state index contributed by atoms with van der Waals surface area (Å²) in [6.45, 7) is 3.57. The van der Waals surface area contributed by atoms with Gasteiger partial charge in [0.15, 0.2) is 0 Å². The van der Waals surface area contributed by atoms with Gasteiger partial charge in [-0.2, -0.15) is 0 Å². The minimum Gasteiger partial charge on any atom is -0.508 e. The molecule has 0 saturated heterocycles. The molecule has 1 aromatic carbocycles. The van der Waals surface area contributed by atoms with Gasteiger partial charge in [0.25, 0.3) is 0 Å². The maximum atomic E-state index is 11.6. The van der Waals surface area contributed by atoms with Gasteiger partial charge in [0.2, 0.25) is 5.91 Å². The van der Waals surface area contributed by atoms with Crippen LogP contribution < -0.4 is 11.1 Å². The molecule has 16 heavy (non-hydrogen) atoms. The summed E-state index contributed by atoms with van der Waals surface area (Å²) >= 11 is 0. The lowest BCUT2D eigenvalue weighted by atomic mass is 10.0. The molecule has 1 aromatic rings. The molecular formula is C11H17ClN2O2. The largest absolute Gasteiger partial charge is 0.508 e. The molecular weight excluding hydrogens is 228 g/mol. The molecule has 0 heterocycles. The van der Waals surface area contributed by atoms with Crippen LogP contribution in [0, 0.1) is 5.92 Å². The highest BCUT2D eigenvalue weighted by molar-refractivity contribution is 5.92. The zero-order valence-corrected chi connectivity index (χ0v) is 10.1. The van der Waals surface area contributed by atoms with Crippen molar-refractivity contribution in [2.75, 3.05) is 5.32 Å². The number of phenolic OH excluding ortho intramolecular Hbond substituents is 1. The van der Waals surface area contributed by atoms with Gasteiger partial charge >= 0.3 is 0 Å². The molecule has 0 spiro atoms. The number of benzene rings is 1.